The maximum Gasteiger partial charge on any atom is 0.126 e. The normalized spacial score (nSPS) is 19.9. The van der Waals surface area contributed by atoms with Crippen molar-refractivity contribution in [3.05, 3.63) is 29.7 Å². The van der Waals surface area contributed by atoms with Gasteiger partial charge in [0.25, 0.3) is 0 Å². The molecule has 1 saturated heterocycles. The Hall–Kier alpha value is -1.02. The van der Waals surface area contributed by atoms with Gasteiger partial charge in [-0.3, -0.25) is 0 Å². The highest BCUT2D eigenvalue weighted by atomic mass is 16.3. The number of piperidine rings is 1. The van der Waals surface area contributed by atoms with E-state index < -0.39 is 0 Å². The maximum absolute atomic E-state index is 5.30. The van der Waals surface area contributed by atoms with Gasteiger partial charge in [0.05, 0.1) is 6.26 Å². The Labute approximate surface area is 85.0 Å². The van der Waals surface area contributed by atoms with Crippen molar-refractivity contribution in [2.75, 3.05) is 13.1 Å². The molecule has 1 aliphatic heterocycles. The summed E-state index contributed by atoms with van der Waals surface area (Å²) in [6.45, 7) is 4.50. The van der Waals surface area contributed by atoms with Crippen LogP contribution in [0.1, 0.15) is 25.5 Å². The van der Waals surface area contributed by atoms with E-state index in [4.69, 9.17) is 4.42 Å². The number of furan rings is 1. The van der Waals surface area contributed by atoms with Crippen LogP contribution in [-0.2, 0) is 0 Å². The fraction of sp³-hybridized carbons (Fsp3) is 0.500. The second-order valence-corrected chi connectivity index (χ2v) is 3.93. The van der Waals surface area contributed by atoms with E-state index in [-0.39, 0.29) is 0 Å². The molecule has 0 aromatic carbocycles. The quantitative estimate of drug-likeness (QED) is 0.777. The molecule has 1 aliphatic rings. The first-order valence-corrected chi connectivity index (χ1v) is 5.28. The standard InChI is InChI=1S/C12H17NO/c1-10(9-12-3-2-8-14-12)11-4-6-13-7-5-11/h2-3,8-9,11,13H,4-7H2,1H3/b10-9+. The lowest BCUT2D eigenvalue weighted by Crippen LogP contribution is -2.28. The van der Waals surface area contributed by atoms with E-state index in [1.54, 1.807) is 6.26 Å². The summed E-state index contributed by atoms with van der Waals surface area (Å²) in [5.41, 5.74) is 1.45. The lowest BCUT2D eigenvalue weighted by Gasteiger charge is -2.23. The number of hydrogen-bond donors (Lipinski definition) is 1. The molecular weight excluding hydrogens is 174 g/mol. The Morgan fingerprint density at radius 1 is 1.50 bits per heavy atom. The number of hydrogen-bond acceptors (Lipinski definition) is 2. The summed E-state index contributed by atoms with van der Waals surface area (Å²) >= 11 is 0. The van der Waals surface area contributed by atoms with E-state index in [0.29, 0.717) is 0 Å². The Morgan fingerprint density at radius 3 is 2.93 bits per heavy atom. The number of allylic oxidation sites excluding steroid dienone is 1. The summed E-state index contributed by atoms with van der Waals surface area (Å²) in [4.78, 5) is 0. The predicted octanol–water partition coefficient (Wildman–Crippen LogP) is 2.68. The van der Waals surface area contributed by atoms with Gasteiger partial charge in [-0.2, -0.15) is 0 Å². The zero-order valence-corrected chi connectivity index (χ0v) is 8.62. The van der Waals surface area contributed by atoms with Gasteiger partial charge in [0.2, 0.25) is 0 Å². The van der Waals surface area contributed by atoms with Crippen LogP contribution in [0.15, 0.2) is 28.4 Å². The molecule has 0 spiro atoms. The molecule has 2 heterocycles. The summed E-state index contributed by atoms with van der Waals surface area (Å²) < 4.78 is 5.30. The average molecular weight is 191 g/mol. The molecule has 2 rings (SSSR count). The molecule has 0 unspecified atom stereocenters. The van der Waals surface area contributed by atoms with Crippen molar-refractivity contribution in [3.63, 3.8) is 0 Å². The van der Waals surface area contributed by atoms with Crippen molar-refractivity contribution in [1.29, 1.82) is 0 Å². The second kappa shape index (κ2) is 4.47. The summed E-state index contributed by atoms with van der Waals surface area (Å²) in [6.07, 6.45) is 6.39. The smallest absolute Gasteiger partial charge is 0.126 e. The van der Waals surface area contributed by atoms with Gasteiger partial charge in [-0.1, -0.05) is 5.57 Å². The molecule has 0 bridgehead atoms. The van der Waals surface area contributed by atoms with E-state index in [1.165, 1.54) is 18.4 Å². The minimum Gasteiger partial charge on any atom is -0.465 e. The third kappa shape index (κ3) is 2.26. The first kappa shape index (κ1) is 9.53. The molecule has 2 nitrogen and oxygen atoms in total. The Morgan fingerprint density at radius 2 is 2.29 bits per heavy atom. The van der Waals surface area contributed by atoms with Gasteiger partial charge < -0.3 is 9.73 Å². The topological polar surface area (TPSA) is 25.2 Å². The van der Waals surface area contributed by atoms with E-state index in [9.17, 15) is 0 Å². The van der Waals surface area contributed by atoms with Crippen LogP contribution in [0, 0.1) is 5.92 Å². The van der Waals surface area contributed by atoms with Crippen LogP contribution in [0.4, 0.5) is 0 Å². The minimum atomic E-state index is 0.737. The molecule has 14 heavy (non-hydrogen) atoms. The molecule has 0 aliphatic carbocycles. The first-order valence-electron chi connectivity index (χ1n) is 5.28. The third-order valence-corrected chi connectivity index (χ3v) is 2.90. The van der Waals surface area contributed by atoms with Crippen molar-refractivity contribution in [1.82, 2.24) is 5.32 Å². The zero-order chi connectivity index (χ0) is 9.80. The van der Waals surface area contributed by atoms with Gasteiger partial charge in [0, 0.05) is 0 Å². The Kier molecular flexibility index (Phi) is 3.04. The van der Waals surface area contributed by atoms with Crippen LogP contribution in [0.3, 0.4) is 0 Å². The van der Waals surface area contributed by atoms with E-state index in [2.05, 4.69) is 18.3 Å². The first-order chi connectivity index (χ1) is 6.86. The molecule has 2 heteroatoms. The van der Waals surface area contributed by atoms with Crippen molar-refractivity contribution in [2.24, 2.45) is 5.92 Å². The fourth-order valence-corrected chi connectivity index (χ4v) is 1.99. The highest BCUT2D eigenvalue weighted by Gasteiger charge is 2.14. The Balaban J connectivity index is 2.02. The minimum absolute atomic E-state index is 0.737. The molecule has 0 amide bonds. The zero-order valence-electron chi connectivity index (χ0n) is 8.62. The van der Waals surface area contributed by atoms with Gasteiger partial charge in [-0.05, 0) is 57.0 Å². The van der Waals surface area contributed by atoms with Gasteiger partial charge in [-0.25, -0.2) is 0 Å². The van der Waals surface area contributed by atoms with Gasteiger partial charge in [0.1, 0.15) is 5.76 Å². The highest BCUT2D eigenvalue weighted by Crippen LogP contribution is 2.22. The second-order valence-electron chi connectivity index (χ2n) is 3.93. The molecule has 0 radical (unpaired) electrons. The molecule has 1 aromatic heterocycles. The fourth-order valence-electron chi connectivity index (χ4n) is 1.99. The average Bonchev–Trinajstić information content (AvgIpc) is 2.72. The summed E-state index contributed by atoms with van der Waals surface area (Å²) in [5, 5.41) is 3.38. The van der Waals surface area contributed by atoms with Crippen molar-refractivity contribution < 1.29 is 4.42 Å². The van der Waals surface area contributed by atoms with Crippen LogP contribution < -0.4 is 5.32 Å². The SMILES string of the molecule is C/C(=C\c1ccco1)C1CCNCC1. The highest BCUT2D eigenvalue weighted by molar-refractivity contribution is 5.47. The van der Waals surface area contributed by atoms with Crippen molar-refractivity contribution in [3.8, 4) is 0 Å². The molecule has 0 atom stereocenters. The van der Waals surface area contributed by atoms with Gasteiger partial charge >= 0.3 is 0 Å². The number of nitrogens with one attached hydrogen (secondary N) is 1. The van der Waals surface area contributed by atoms with Crippen LogP contribution in [0.5, 0.6) is 0 Å². The Bertz CT molecular complexity index is 294. The van der Waals surface area contributed by atoms with Crippen LogP contribution >= 0.6 is 0 Å². The third-order valence-electron chi connectivity index (χ3n) is 2.90. The predicted molar refractivity (Wildman–Crippen MR) is 58.0 cm³/mol. The van der Waals surface area contributed by atoms with Crippen molar-refractivity contribution in [2.45, 2.75) is 19.8 Å². The molecule has 76 valence electrons. The van der Waals surface area contributed by atoms with Crippen molar-refractivity contribution >= 4 is 6.08 Å². The molecule has 1 aromatic rings. The monoisotopic (exact) mass is 191 g/mol. The molecule has 0 saturated carbocycles. The molecule has 1 fully saturated rings. The van der Waals surface area contributed by atoms with Crippen LogP contribution in [0.25, 0.3) is 6.08 Å². The summed E-state index contributed by atoms with van der Waals surface area (Å²) in [6, 6.07) is 3.94. The van der Waals surface area contributed by atoms with E-state index >= 15 is 0 Å². The largest absolute Gasteiger partial charge is 0.465 e. The van der Waals surface area contributed by atoms with E-state index in [0.717, 1.165) is 24.8 Å². The maximum atomic E-state index is 5.30. The van der Waals surface area contributed by atoms with Gasteiger partial charge in [-0.15, -0.1) is 0 Å². The lowest BCUT2D eigenvalue weighted by atomic mass is 9.90. The molecule has 1 N–H and O–H groups in total. The summed E-state index contributed by atoms with van der Waals surface area (Å²) in [7, 11) is 0. The lowest BCUT2D eigenvalue weighted by molar-refractivity contribution is 0.421. The van der Waals surface area contributed by atoms with Crippen LogP contribution in [-0.4, -0.2) is 13.1 Å². The van der Waals surface area contributed by atoms with Gasteiger partial charge in [0.15, 0.2) is 0 Å². The van der Waals surface area contributed by atoms with E-state index in [1.807, 2.05) is 12.1 Å². The number of rotatable bonds is 2. The van der Waals surface area contributed by atoms with Crippen LogP contribution in [0.2, 0.25) is 0 Å². The summed E-state index contributed by atoms with van der Waals surface area (Å²) in [5.74, 6) is 1.71. The molecular formula is C12H17NO.